The summed E-state index contributed by atoms with van der Waals surface area (Å²) < 4.78 is 16.4. The van der Waals surface area contributed by atoms with Crippen molar-refractivity contribution in [2.45, 2.75) is 13.5 Å². The molecule has 0 fully saturated rings. The van der Waals surface area contributed by atoms with Crippen LogP contribution in [0.2, 0.25) is 0 Å². The molecule has 0 radical (unpaired) electrons. The molecule has 0 aliphatic heterocycles. The topological polar surface area (TPSA) is 47.7 Å². The standard InChI is InChI=1S/C10H14FN5/c1-7-9(6-14-15(7)2)12-4-8-5-13-16(3)10(8)11/h5-6,12H,4H2,1-3H3. The summed E-state index contributed by atoms with van der Waals surface area (Å²) >= 11 is 0. The average molecular weight is 223 g/mol. The molecule has 1 N–H and O–H groups in total. The summed E-state index contributed by atoms with van der Waals surface area (Å²) in [6.07, 6.45) is 3.25. The van der Waals surface area contributed by atoms with E-state index in [9.17, 15) is 4.39 Å². The average Bonchev–Trinajstić information content (AvgIpc) is 2.74. The molecule has 0 spiro atoms. The van der Waals surface area contributed by atoms with Crippen LogP contribution < -0.4 is 5.32 Å². The van der Waals surface area contributed by atoms with E-state index >= 15 is 0 Å². The molecule has 2 aromatic rings. The third kappa shape index (κ3) is 1.78. The first kappa shape index (κ1) is 10.7. The van der Waals surface area contributed by atoms with Crippen molar-refractivity contribution in [2.75, 3.05) is 5.32 Å². The molecule has 0 bridgehead atoms. The maximum Gasteiger partial charge on any atom is 0.216 e. The molecule has 0 saturated carbocycles. The molecule has 2 heterocycles. The number of hydrogen-bond donors (Lipinski definition) is 1. The van der Waals surface area contributed by atoms with Crippen LogP contribution >= 0.6 is 0 Å². The van der Waals surface area contributed by atoms with Crippen LogP contribution in [0.25, 0.3) is 0 Å². The number of rotatable bonds is 3. The molecule has 16 heavy (non-hydrogen) atoms. The Balaban J connectivity index is 2.08. The van der Waals surface area contributed by atoms with Gasteiger partial charge in [-0.15, -0.1) is 0 Å². The van der Waals surface area contributed by atoms with Gasteiger partial charge in [-0.3, -0.25) is 4.68 Å². The minimum absolute atomic E-state index is 0.311. The number of hydrogen-bond acceptors (Lipinski definition) is 3. The van der Waals surface area contributed by atoms with Crippen LogP contribution in [0.1, 0.15) is 11.3 Å². The number of halogens is 1. The van der Waals surface area contributed by atoms with Crippen LogP contribution in [0, 0.1) is 12.9 Å². The maximum absolute atomic E-state index is 13.4. The summed E-state index contributed by atoms with van der Waals surface area (Å²) in [6.45, 7) is 2.36. The molecule has 0 unspecified atom stereocenters. The molecular formula is C10H14FN5. The van der Waals surface area contributed by atoms with Crippen molar-refractivity contribution in [1.29, 1.82) is 0 Å². The van der Waals surface area contributed by atoms with Gasteiger partial charge in [0.1, 0.15) is 0 Å². The Hall–Kier alpha value is -1.85. The predicted octanol–water partition coefficient (Wildman–Crippen LogP) is 1.21. The van der Waals surface area contributed by atoms with E-state index in [0.717, 1.165) is 11.4 Å². The van der Waals surface area contributed by atoms with Crippen molar-refractivity contribution in [3.05, 3.63) is 29.6 Å². The van der Waals surface area contributed by atoms with Gasteiger partial charge in [-0.25, -0.2) is 4.68 Å². The molecule has 0 aliphatic rings. The quantitative estimate of drug-likeness (QED) is 0.851. The molecule has 2 rings (SSSR count). The maximum atomic E-state index is 13.4. The van der Waals surface area contributed by atoms with Gasteiger partial charge < -0.3 is 5.32 Å². The highest BCUT2D eigenvalue weighted by molar-refractivity contribution is 5.46. The lowest BCUT2D eigenvalue weighted by molar-refractivity contribution is 0.496. The Kier molecular flexibility index (Phi) is 2.64. The molecular weight excluding hydrogens is 209 g/mol. The summed E-state index contributed by atoms with van der Waals surface area (Å²) in [6, 6.07) is 0. The van der Waals surface area contributed by atoms with Crippen LogP contribution in [0.4, 0.5) is 10.1 Å². The third-order valence-corrected chi connectivity index (χ3v) is 2.64. The molecule has 6 heteroatoms. The van der Waals surface area contributed by atoms with Gasteiger partial charge in [0.25, 0.3) is 0 Å². The van der Waals surface area contributed by atoms with Crippen LogP contribution in [-0.4, -0.2) is 19.6 Å². The zero-order chi connectivity index (χ0) is 11.7. The Bertz CT molecular complexity index is 453. The zero-order valence-electron chi connectivity index (χ0n) is 9.53. The van der Waals surface area contributed by atoms with Gasteiger partial charge in [0.2, 0.25) is 5.95 Å². The van der Waals surface area contributed by atoms with E-state index in [1.54, 1.807) is 17.9 Å². The van der Waals surface area contributed by atoms with Gasteiger partial charge in [0.15, 0.2) is 0 Å². The van der Waals surface area contributed by atoms with Gasteiger partial charge in [0, 0.05) is 26.2 Å². The number of anilines is 1. The van der Waals surface area contributed by atoms with Crippen LogP contribution in [0.5, 0.6) is 0 Å². The van der Waals surface area contributed by atoms with Crippen LogP contribution in [0.3, 0.4) is 0 Å². The predicted molar refractivity (Wildman–Crippen MR) is 58.4 cm³/mol. The lowest BCUT2D eigenvalue weighted by atomic mass is 10.3. The van der Waals surface area contributed by atoms with Crippen molar-refractivity contribution in [2.24, 2.45) is 14.1 Å². The zero-order valence-corrected chi connectivity index (χ0v) is 9.53. The second-order valence-corrected chi connectivity index (χ2v) is 3.71. The van der Waals surface area contributed by atoms with Crippen LogP contribution in [0.15, 0.2) is 12.4 Å². The van der Waals surface area contributed by atoms with E-state index in [-0.39, 0.29) is 5.95 Å². The van der Waals surface area contributed by atoms with E-state index in [1.807, 2.05) is 14.0 Å². The largest absolute Gasteiger partial charge is 0.378 e. The van der Waals surface area contributed by atoms with E-state index in [4.69, 9.17) is 0 Å². The number of nitrogens with zero attached hydrogens (tertiary/aromatic N) is 4. The highest BCUT2D eigenvalue weighted by Crippen LogP contribution is 2.14. The lowest BCUT2D eigenvalue weighted by Crippen LogP contribution is -2.03. The van der Waals surface area contributed by atoms with Gasteiger partial charge >= 0.3 is 0 Å². The molecule has 5 nitrogen and oxygen atoms in total. The minimum atomic E-state index is -0.311. The number of aromatic nitrogens is 4. The summed E-state index contributed by atoms with van der Waals surface area (Å²) in [5.74, 6) is -0.311. The van der Waals surface area contributed by atoms with E-state index in [0.29, 0.717) is 12.1 Å². The van der Waals surface area contributed by atoms with Crippen molar-refractivity contribution in [3.8, 4) is 0 Å². The first-order valence-corrected chi connectivity index (χ1v) is 4.98. The molecule has 0 amide bonds. The first-order valence-electron chi connectivity index (χ1n) is 4.98. The smallest absolute Gasteiger partial charge is 0.216 e. The van der Waals surface area contributed by atoms with E-state index in [2.05, 4.69) is 15.5 Å². The fourth-order valence-electron chi connectivity index (χ4n) is 1.45. The van der Waals surface area contributed by atoms with Gasteiger partial charge in [0.05, 0.1) is 23.8 Å². The van der Waals surface area contributed by atoms with Gasteiger partial charge in [-0.05, 0) is 6.92 Å². The summed E-state index contributed by atoms with van der Waals surface area (Å²) in [5, 5.41) is 11.1. The van der Waals surface area contributed by atoms with E-state index < -0.39 is 0 Å². The molecule has 0 saturated heterocycles. The second-order valence-electron chi connectivity index (χ2n) is 3.71. The highest BCUT2D eigenvalue weighted by atomic mass is 19.1. The molecule has 0 atom stereocenters. The molecule has 86 valence electrons. The summed E-state index contributed by atoms with van der Waals surface area (Å²) in [5.41, 5.74) is 2.47. The Morgan fingerprint density at radius 3 is 2.44 bits per heavy atom. The van der Waals surface area contributed by atoms with Crippen molar-refractivity contribution >= 4 is 5.69 Å². The molecule has 0 aromatic carbocycles. The third-order valence-electron chi connectivity index (χ3n) is 2.64. The molecule has 0 aliphatic carbocycles. The first-order chi connectivity index (χ1) is 7.59. The van der Waals surface area contributed by atoms with Crippen molar-refractivity contribution in [1.82, 2.24) is 19.6 Å². The lowest BCUT2D eigenvalue weighted by Gasteiger charge is -2.03. The SMILES string of the molecule is Cc1c(NCc2cnn(C)c2F)cnn1C. The number of nitrogens with one attached hydrogen (secondary N) is 1. The second kappa shape index (κ2) is 3.96. The fourth-order valence-corrected chi connectivity index (χ4v) is 1.45. The van der Waals surface area contributed by atoms with E-state index in [1.165, 1.54) is 10.9 Å². The monoisotopic (exact) mass is 223 g/mol. The van der Waals surface area contributed by atoms with Gasteiger partial charge in [-0.1, -0.05) is 0 Å². The summed E-state index contributed by atoms with van der Waals surface area (Å²) in [4.78, 5) is 0. The van der Waals surface area contributed by atoms with Crippen LogP contribution in [-0.2, 0) is 20.6 Å². The van der Waals surface area contributed by atoms with Crippen molar-refractivity contribution < 1.29 is 4.39 Å². The van der Waals surface area contributed by atoms with Crippen molar-refractivity contribution in [3.63, 3.8) is 0 Å². The normalized spacial score (nSPS) is 10.8. The minimum Gasteiger partial charge on any atom is -0.378 e. The number of aryl methyl sites for hydroxylation is 2. The fraction of sp³-hybridized carbons (Fsp3) is 0.400. The Morgan fingerprint density at radius 1 is 1.25 bits per heavy atom. The Morgan fingerprint density at radius 2 is 1.94 bits per heavy atom. The Labute approximate surface area is 92.9 Å². The van der Waals surface area contributed by atoms with Gasteiger partial charge in [-0.2, -0.15) is 14.6 Å². The highest BCUT2D eigenvalue weighted by Gasteiger charge is 2.08. The summed E-state index contributed by atoms with van der Waals surface area (Å²) in [7, 11) is 3.44. The molecule has 2 aromatic heterocycles.